The average Bonchev–Trinajstić information content (AvgIpc) is 3.62. The molecule has 250 valence electrons. The van der Waals surface area contributed by atoms with Gasteiger partial charge in [0, 0.05) is 58.1 Å². The van der Waals surface area contributed by atoms with Crippen molar-refractivity contribution in [2.24, 2.45) is 0 Å². The zero-order valence-electron chi connectivity index (χ0n) is 28.9. The van der Waals surface area contributed by atoms with Crippen LogP contribution in [0.4, 0.5) is 22.7 Å². The molecule has 53 heavy (non-hydrogen) atoms. The molecule has 9 aromatic rings. The van der Waals surface area contributed by atoms with Crippen molar-refractivity contribution in [2.75, 3.05) is 22.9 Å². The Labute approximate surface area is 307 Å². The molecule has 0 fully saturated rings. The van der Waals surface area contributed by atoms with Gasteiger partial charge in [0.1, 0.15) is 11.2 Å². The van der Waals surface area contributed by atoms with Gasteiger partial charge in [-0.15, -0.1) is 0 Å². The second-order valence-electron chi connectivity index (χ2n) is 13.8. The van der Waals surface area contributed by atoms with E-state index >= 15 is 0 Å². The first-order chi connectivity index (χ1) is 26.3. The quantitative estimate of drug-likeness (QED) is 0.186. The lowest BCUT2D eigenvalue weighted by Gasteiger charge is -2.40. The van der Waals surface area contributed by atoms with Crippen molar-refractivity contribution >= 4 is 44.7 Å². The summed E-state index contributed by atoms with van der Waals surface area (Å²) in [7, 11) is 0. The van der Waals surface area contributed by atoms with Crippen LogP contribution in [-0.2, 0) is 0 Å². The summed E-state index contributed by atoms with van der Waals surface area (Å²) in [4.78, 5) is 10.1. The summed E-state index contributed by atoms with van der Waals surface area (Å²) in [5.74, 6) is 0. The van der Waals surface area contributed by atoms with Crippen LogP contribution in [0.25, 0.3) is 77.7 Å². The Hall–Kier alpha value is -6.91. The summed E-state index contributed by atoms with van der Waals surface area (Å²) in [6.45, 7) is 1.71. The van der Waals surface area contributed by atoms with Crippen molar-refractivity contribution in [1.29, 1.82) is 0 Å². The molecule has 4 heteroatoms. The molecule has 1 aliphatic carbocycles. The van der Waals surface area contributed by atoms with Crippen molar-refractivity contribution in [2.45, 2.75) is 0 Å². The molecule has 11 rings (SSSR count). The summed E-state index contributed by atoms with van der Waals surface area (Å²) in [5, 5.41) is 2.27. The van der Waals surface area contributed by atoms with E-state index in [1.807, 2.05) is 12.3 Å². The van der Waals surface area contributed by atoms with Gasteiger partial charge >= 0.3 is 0 Å². The van der Waals surface area contributed by atoms with Crippen LogP contribution in [0.15, 0.2) is 180 Å². The number of benzene rings is 7. The molecule has 0 bridgehead atoms. The molecule has 1 aliphatic heterocycles. The second-order valence-corrected chi connectivity index (χ2v) is 13.8. The number of aromatic nitrogens is 1. The van der Waals surface area contributed by atoms with Crippen LogP contribution in [0.1, 0.15) is 0 Å². The molecule has 0 spiro atoms. The lowest BCUT2D eigenvalue weighted by Crippen LogP contribution is -2.36. The van der Waals surface area contributed by atoms with Gasteiger partial charge in [0.05, 0.1) is 17.1 Å². The topological polar surface area (TPSA) is 32.5 Å². The van der Waals surface area contributed by atoms with Gasteiger partial charge < -0.3 is 14.2 Å². The molecule has 7 aromatic carbocycles. The van der Waals surface area contributed by atoms with E-state index < -0.39 is 0 Å². The van der Waals surface area contributed by atoms with Crippen molar-refractivity contribution in [3.63, 3.8) is 0 Å². The summed E-state index contributed by atoms with van der Waals surface area (Å²) in [6.07, 6.45) is 1.93. The first kappa shape index (κ1) is 29.8. The maximum absolute atomic E-state index is 6.54. The smallest absolute Gasteiger partial charge is 0.143 e. The molecular weight excluding hydrogens is 647 g/mol. The van der Waals surface area contributed by atoms with Crippen LogP contribution in [0.2, 0.25) is 0 Å². The number of furan rings is 1. The van der Waals surface area contributed by atoms with Crippen LogP contribution < -0.4 is 9.80 Å². The Morgan fingerprint density at radius 3 is 1.74 bits per heavy atom. The molecule has 0 radical (unpaired) electrons. The van der Waals surface area contributed by atoms with Gasteiger partial charge in [-0.05, 0) is 88.0 Å². The molecule has 4 nitrogen and oxygen atoms in total. The minimum absolute atomic E-state index is 0.857. The van der Waals surface area contributed by atoms with Gasteiger partial charge in [-0.25, -0.2) is 0 Å². The Bertz CT molecular complexity index is 2860. The van der Waals surface area contributed by atoms with E-state index in [2.05, 4.69) is 174 Å². The normalized spacial score (nSPS) is 13.1. The zero-order chi connectivity index (χ0) is 34.9. The van der Waals surface area contributed by atoms with Gasteiger partial charge in [0.15, 0.2) is 0 Å². The van der Waals surface area contributed by atoms with E-state index in [4.69, 9.17) is 9.40 Å². The molecule has 0 unspecified atom stereocenters. The number of para-hydroxylation sites is 4. The number of hydrogen-bond acceptors (Lipinski definition) is 4. The average molecular weight is 680 g/mol. The Kier molecular flexibility index (Phi) is 6.65. The first-order valence-electron chi connectivity index (χ1n) is 18.2. The van der Waals surface area contributed by atoms with E-state index in [-0.39, 0.29) is 0 Å². The summed E-state index contributed by atoms with van der Waals surface area (Å²) in [5.41, 5.74) is 17.9. The summed E-state index contributed by atoms with van der Waals surface area (Å²) in [6, 6.07) is 61.1. The highest BCUT2D eigenvalue weighted by molar-refractivity contribution is 6.11. The second kappa shape index (κ2) is 11.8. The van der Waals surface area contributed by atoms with E-state index in [1.54, 1.807) is 0 Å². The minimum Gasteiger partial charge on any atom is -0.455 e. The fourth-order valence-corrected chi connectivity index (χ4v) is 8.56. The Balaban J connectivity index is 1.21. The molecule has 2 aromatic heterocycles. The lowest BCUT2D eigenvalue weighted by molar-refractivity contribution is 0.670. The van der Waals surface area contributed by atoms with Crippen molar-refractivity contribution < 1.29 is 4.42 Å². The van der Waals surface area contributed by atoms with Gasteiger partial charge in [0.25, 0.3) is 0 Å². The van der Waals surface area contributed by atoms with E-state index in [0.717, 1.165) is 68.5 Å². The van der Waals surface area contributed by atoms with E-state index in [1.165, 1.54) is 45.0 Å². The number of hydrogen-bond donors (Lipinski definition) is 0. The highest BCUT2D eigenvalue weighted by atomic mass is 16.3. The van der Waals surface area contributed by atoms with Gasteiger partial charge in [0.2, 0.25) is 0 Å². The highest BCUT2D eigenvalue weighted by Gasteiger charge is 2.30. The van der Waals surface area contributed by atoms with E-state index in [9.17, 15) is 0 Å². The van der Waals surface area contributed by atoms with Crippen molar-refractivity contribution in [1.82, 2.24) is 4.98 Å². The highest BCUT2D eigenvalue weighted by Crippen LogP contribution is 2.53. The fraction of sp³-hybridized carbons (Fsp3) is 0.0408. The Morgan fingerprint density at radius 2 is 0.981 bits per heavy atom. The number of pyridine rings is 1. The first-order valence-corrected chi connectivity index (χ1v) is 18.2. The molecule has 0 N–H and O–H groups in total. The third kappa shape index (κ3) is 4.66. The molecule has 2 aliphatic rings. The van der Waals surface area contributed by atoms with Gasteiger partial charge in [-0.1, -0.05) is 115 Å². The Morgan fingerprint density at radius 1 is 0.415 bits per heavy atom. The lowest BCUT2D eigenvalue weighted by atomic mass is 9.81. The summed E-state index contributed by atoms with van der Waals surface area (Å²) >= 11 is 0. The maximum atomic E-state index is 6.54. The van der Waals surface area contributed by atoms with Crippen LogP contribution in [0.3, 0.4) is 0 Å². The molecule has 0 saturated carbocycles. The largest absolute Gasteiger partial charge is 0.455 e. The standard InChI is InChI=1S/C49H33N3O/c1-3-13-33(14-4-1)51-27-28-52(34-15-5-2-6-16-34)46-31-44-43(30-45(46)51)38-25-24-32(35-20-11-21-41-39-19-9-10-23-47(39)53-49(35)41)29-42(38)37-18-8-7-17-36(37)40-22-12-26-50-48(40)44/h1-26,29-31H,27-28H2. The molecular formula is C49H33N3O. The third-order valence-electron chi connectivity index (χ3n) is 11.0. The fourth-order valence-electron chi connectivity index (χ4n) is 8.56. The zero-order valence-corrected chi connectivity index (χ0v) is 28.9. The minimum atomic E-state index is 0.857. The van der Waals surface area contributed by atoms with E-state index in [0.29, 0.717) is 0 Å². The number of fused-ring (bicyclic) bond motifs is 12. The number of anilines is 4. The molecule has 0 atom stereocenters. The predicted octanol–water partition coefficient (Wildman–Crippen LogP) is 12.9. The van der Waals surface area contributed by atoms with Gasteiger partial charge in [-0.3, -0.25) is 4.98 Å². The van der Waals surface area contributed by atoms with Crippen LogP contribution in [0, 0.1) is 0 Å². The third-order valence-corrected chi connectivity index (χ3v) is 11.0. The molecule has 3 heterocycles. The predicted molar refractivity (Wildman–Crippen MR) is 219 cm³/mol. The number of rotatable bonds is 3. The summed E-state index contributed by atoms with van der Waals surface area (Å²) < 4.78 is 6.54. The molecule has 0 saturated heterocycles. The number of nitrogens with zero attached hydrogens (tertiary/aromatic N) is 3. The van der Waals surface area contributed by atoms with Crippen molar-refractivity contribution in [3.8, 4) is 55.8 Å². The SMILES string of the molecule is c1ccc(N2CCN(c3ccccc3)c3cc4c(cc32)-c2ccc(-c3cccc5c3oc3ccccc35)cc2-c2ccccc2-c2cccnc2-4)cc1. The van der Waals surface area contributed by atoms with Gasteiger partial charge in [-0.2, -0.15) is 0 Å². The molecule has 0 amide bonds. The maximum Gasteiger partial charge on any atom is 0.143 e. The van der Waals surface area contributed by atoms with Crippen molar-refractivity contribution in [3.05, 3.63) is 176 Å². The monoisotopic (exact) mass is 679 g/mol. The van der Waals surface area contributed by atoms with Crippen LogP contribution in [0.5, 0.6) is 0 Å². The van der Waals surface area contributed by atoms with Crippen LogP contribution >= 0.6 is 0 Å². The van der Waals surface area contributed by atoms with Crippen LogP contribution in [-0.4, -0.2) is 18.1 Å².